The van der Waals surface area contributed by atoms with E-state index in [1.807, 2.05) is 36.4 Å². The SMILES string of the molecule is CC(=O)O.FCCn1cc(COCc2ccc(-c3nncnn3)cc2)nn1.N#Cc1ccc(COCc2cn(CCF)nn2)cc1.N=CN. The first-order valence-electron chi connectivity index (χ1n) is 14.4. The summed E-state index contributed by atoms with van der Waals surface area (Å²) < 4.78 is 38.2. The molecule has 0 atom stereocenters. The van der Waals surface area contributed by atoms with Crippen LogP contribution in [-0.4, -0.2) is 81.1 Å². The molecule has 5 aromatic rings. The quantitative estimate of drug-likeness (QED) is 0.120. The van der Waals surface area contributed by atoms with E-state index in [1.165, 1.54) is 15.7 Å². The van der Waals surface area contributed by atoms with E-state index < -0.39 is 19.3 Å². The summed E-state index contributed by atoms with van der Waals surface area (Å²) in [7, 11) is 0. The number of nitrogens with one attached hydrogen (secondary N) is 1. The fraction of sp³-hybridized carbons (Fsp3) is 0.300. The third-order valence-electron chi connectivity index (χ3n) is 5.54. The van der Waals surface area contributed by atoms with Gasteiger partial charge in [0.25, 0.3) is 5.97 Å². The number of nitrogens with zero attached hydrogens (tertiary/aromatic N) is 11. The van der Waals surface area contributed by atoms with E-state index in [1.54, 1.807) is 24.5 Å². The fourth-order valence-corrected chi connectivity index (χ4v) is 3.49. The maximum absolute atomic E-state index is 12.2. The lowest BCUT2D eigenvalue weighted by atomic mass is 10.1. The number of benzene rings is 2. The van der Waals surface area contributed by atoms with Crippen LogP contribution in [0.2, 0.25) is 0 Å². The molecular weight excluding hydrogens is 644 g/mol. The van der Waals surface area contributed by atoms with Crippen LogP contribution < -0.4 is 5.73 Å². The van der Waals surface area contributed by atoms with Crippen LogP contribution in [0.3, 0.4) is 0 Å². The summed E-state index contributed by atoms with van der Waals surface area (Å²) in [5.74, 6) is -0.357. The average molecular weight is 680 g/mol. The molecule has 4 N–H and O–H groups in total. The number of nitrogens with two attached hydrogens (primary N) is 1. The van der Waals surface area contributed by atoms with Crippen LogP contribution in [0.15, 0.2) is 67.3 Å². The van der Waals surface area contributed by atoms with Crippen LogP contribution in [0.4, 0.5) is 8.78 Å². The smallest absolute Gasteiger partial charge is 0.300 e. The number of ether oxygens (including phenoxy) is 2. The molecule has 0 amide bonds. The summed E-state index contributed by atoms with van der Waals surface area (Å²) in [6.45, 7) is 2.09. The number of rotatable bonds is 13. The lowest BCUT2D eigenvalue weighted by molar-refractivity contribution is -0.134. The molecule has 0 spiro atoms. The standard InChI is InChI=1S/C14H14FN7O.C13H13FN4O.C2H4O2.CH4N2/c15-5-6-22-7-13(18-21-22)9-23-8-11-1-3-12(4-2-11)14-19-16-10-17-20-14;14-5-6-18-8-13(16-17-18)10-19-9-12-3-1-11(7-15)2-4-12;1-2(3)4;2-1-3/h1-4,7,10H,5-6,8-9H2;1-4,8H,5-6,9-10H2;1H3,(H,3,4);1H,(H3,2,3). The van der Waals surface area contributed by atoms with E-state index >= 15 is 0 Å². The maximum Gasteiger partial charge on any atom is 0.300 e. The van der Waals surface area contributed by atoms with Crippen LogP contribution in [0.5, 0.6) is 0 Å². The molecule has 2 aromatic carbocycles. The molecule has 49 heavy (non-hydrogen) atoms. The number of aliphatic carboxylic acids is 1. The number of carboxylic acid groups (broad SMARTS) is 1. The third-order valence-corrected chi connectivity index (χ3v) is 5.54. The number of hydrogen-bond donors (Lipinski definition) is 3. The van der Waals surface area contributed by atoms with E-state index in [9.17, 15) is 8.78 Å². The summed E-state index contributed by atoms with van der Waals surface area (Å²) in [5, 5.41) is 52.5. The Morgan fingerprint density at radius 1 is 0.857 bits per heavy atom. The molecular formula is C30H35F2N13O4. The van der Waals surface area contributed by atoms with Gasteiger partial charge in [0.1, 0.15) is 24.7 Å². The van der Waals surface area contributed by atoms with Gasteiger partial charge in [0, 0.05) is 12.5 Å². The Labute approximate surface area is 279 Å². The van der Waals surface area contributed by atoms with Crippen LogP contribution in [-0.2, 0) is 53.8 Å². The second kappa shape index (κ2) is 23.2. The van der Waals surface area contributed by atoms with Gasteiger partial charge in [-0.15, -0.1) is 30.6 Å². The molecule has 0 fully saturated rings. The number of halogens is 2. The number of aromatic nitrogens is 10. The number of hydrogen-bond acceptors (Lipinski definition) is 13. The molecule has 0 aliphatic carbocycles. The Balaban J connectivity index is 0.000000290. The fourth-order valence-electron chi connectivity index (χ4n) is 3.49. The van der Waals surface area contributed by atoms with Crippen molar-refractivity contribution in [2.45, 2.75) is 46.4 Å². The summed E-state index contributed by atoms with van der Waals surface area (Å²) in [5.41, 5.74) is 9.17. The predicted molar refractivity (Wildman–Crippen MR) is 169 cm³/mol. The second-order valence-electron chi connectivity index (χ2n) is 9.37. The van der Waals surface area contributed by atoms with Gasteiger partial charge in [-0.25, -0.2) is 18.1 Å². The molecule has 3 aromatic heterocycles. The zero-order valence-corrected chi connectivity index (χ0v) is 26.5. The molecule has 0 radical (unpaired) electrons. The molecule has 258 valence electrons. The Morgan fingerprint density at radius 2 is 1.29 bits per heavy atom. The third kappa shape index (κ3) is 16.3. The van der Waals surface area contributed by atoms with Crippen molar-refractivity contribution >= 4 is 12.3 Å². The predicted octanol–water partition coefficient (Wildman–Crippen LogP) is 2.69. The number of aryl methyl sites for hydroxylation is 2. The summed E-state index contributed by atoms with van der Waals surface area (Å²) in [6.07, 6.45) is 5.38. The van der Waals surface area contributed by atoms with Gasteiger partial charge in [0.2, 0.25) is 5.82 Å². The van der Waals surface area contributed by atoms with Crippen molar-refractivity contribution in [3.8, 4) is 17.5 Å². The van der Waals surface area contributed by atoms with Crippen molar-refractivity contribution < 1.29 is 28.2 Å². The van der Waals surface area contributed by atoms with Gasteiger partial charge in [-0.3, -0.25) is 10.2 Å². The highest BCUT2D eigenvalue weighted by molar-refractivity contribution is 5.63. The van der Waals surface area contributed by atoms with E-state index in [-0.39, 0.29) is 13.1 Å². The molecule has 3 heterocycles. The van der Waals surface area contributed by atoms with Gasteiger partial charge in [-0.05, 0) is 23.3 Å². The monoisotopic (exact) mass is 679 g/mol. The van der Waals surface area contributed by atoms with Crippen molar-refractivity contribution in [2.75, 3.05) is 13.3 Å². The highest BCUT2D eigenvalue weighted by atomic mass is 19.1. The summed E-state index contributed by atoms with van der Waals surface area (Å²) in [6, 6.07) is 16.9. The lowest BCUT2D eigenvalue weighted by Crippen LogP contribution is -1.99. The molecule has 5 rings (SSSR count). The lowest BCUT2D eigenvalue weighted by Gasteiger charge is -2.03. The van der Waals surface area contributed by atoms with Crippen molar-refractivity contribution in [1.29, 1.82) is 10.7 Å². The van der Waals surface area contributed by atoms with Crippen molar-refractivity contribution in [3.63, 3.8) is 0 Å². The average Bonchev–Trinajstić information content (AvgIpc) is 3.76. The number of carboxylic acids is 1. The van der Waals surface area contributed by atoms with Crippen molar-refractivity contribution in [1.82, 2.24) is 50.4 Å². The zero-order valence-electron chi connectivity index (χ0n) is 26.5. The molecule has 0 aliphatic rings. The molecule has 0 saturated carbocycles. The van der Waals surface area contributed by atoms with Gasteiger partial charge in [0.15, 0.2) is 6.33 Å². The molecule has 0 aliphatic heterocycles. The molecule has 17 nitrogen and oxygen atoms in total. The highest BCUT2D eigenvalue weighted by Crippen LogP contribution is 2.14. The van der Waals surface area contributed by atoms with Crippen LogP contribution in [0.1, 0.15) is 35.0 Å². The zero-order chi connectivity index (χ0) is 35.7. The Hall–Kier alpha value is -6.13. The van der Waals surface area contributed by atoms with E-state index in [0.29, 0.717) is 49.2 Å². The summed E-state index contributed by atoms with van der Waals surface area (Å²) >= 11 is 0. The van der Waals surface area contributed by atoms with Gasteiger partial charge in [-0.1, -0.05) is 46.8 Å². The van der Waals surface area contributed by atoms with Crippen LogP contribution >= 0.6 is 0 Å². The molecule has 19 heteroatoms. The van der Waals surface area contributed by atoms with Crippen molar-refractivity contribution in [3.05, 3.63) is 95.3 Å². The second-order valence-corrected chi connectivity index (χ2v) is 9.37. The highest BCUT2D eigenvalue weighted by Gasteiger charge is 2.04. The van der Waals surface area contributed by atoms with Gasteiger partial charge < -0.3 is 20.3 Å². The van der Waals surface area contributed by atoms with E-state index in [0.717, 1.165) is 30.0 Å². The Morgan fingerprint density at radius 3 is 1.69 bits per heavy atom. The van der Waals surface area contributed by atoms with Crippen LogP contribution in [0, 0.1) is 16.7 Å². The van der Waals surface area contributed by atoms with E-state index in [4.69, 9.17) is 30.0 Å². The first kappa shape index (κ1) is 39.1. The van der Waals surface area contributed by atoms with Crippen molar-refractivity contribution in [2.24, 2.45) is 5.73 Å². The number of carbonyl (C=O) groups is 1. The number of alkyl halides is 2. The Kier molecular flexibility index (Phi) is 18.5. The normalized spacial score (nSPS) is 9.84. The topological polar surface area (TPSA) is 242 Å². The van der Waals surface area contributed by atoms with Gasteiger partial charge in [0.05, 0.1) is 69.9 Å². The first-order valence-corrected chi connectivity index (χ1v) is 14.4. The summed E-state index contributed by atoms with van der Waals surface area (Å²) in [4.78, 5) is 9.00. The van der Waals surface area contributed by atoms with Gasteiger partial charge >= 0.3 is 0 Å². The maximum atomic E-state index is 12.2. The molecule has 0 unspecified atom stereocenters. The van der Waals surface area contributed by atoms with Crippen LogP contribution in [0.25, 0.3) is 11.4 Å². The number of nitriles is 1. The molecule has 0 saturated heterocycles. The minimum Gasteiger partial charge on any atom is -0.481 e. The Bertz CT molecular complexity index is 1680. The van der Waals surface area contributed by atoms with E-state index in [2.05, 4.69) is 52.8 Å². The minimum atomic E-state index is -0.833. The van der Waals surface area contributed by atoms with Gasteiger partial charge in [-0.2, -0.15) is 5.26 Å². The largest absolute Gasteiger partial charge is 0.481 e. The molecule has 0 bridgehead atoms. The minimum absolute atomic E-state index is 0.208. The first-order chi connectivity index (χ1) is 23.8.